The summed E-state index contributed by atoms with van der Waals surface area (Å²) in [5, 5.41) is 20.9. The number of likely N-dealkylation sites (tertiary alicyclic amines) is 1. The first kappa shape index (κ1) is 26.0. The van der Waals surface area contributed by atoms with Crippen LogP contribution in [0.25, 0.3) is 10.9 Å². The van der Waals surface area contributed by atoms with E-state index in [1.807, 2.05) is 24.3 Å². The van der Waals surface area contributed by atoms with Crippen molar-refractivity contribution >= 4 is 10.9 Å². The van der Waals surface area contributed by atoms with Gasteiger partial charge in [0.25, 0.3) is 0 Å². The van der Waals surface area contributed by atoms with Crippen molar-refractivity contribution in [2.75, 3.05) is 33.4 Å². The minimum Gasteiger partial charge on any atom is -0.497 e. The zero-order valence-corrected chi connectivity index (χ0v) is 20.3. The van der Waals surface area contributed by atoms with E-state index in [9.17, 15) is 19.1 Å². The van der Waals surface area contributed by atoms with Crippen LogP contribution in [0.15, 0.2) is 48.7 Å². The van der Waals surface area contributed by atoms with E-state index in [-0.39, 0.29) is 18.6 Å². The maximum atomic E-state index is 13.3. The lowest BCUT2D eigenvalue weighted by atomic mass is 9.81. The van der Waals surface area contributed by atoms with Crippen LogP contribution >= 0.6 is 0 Å². The summed E-state index contributed by atoms with van der Waals surface area (Å²) in [7, 11) is 1.62. The Labute approximate surface area is 209 Å². The van der Waals surface area contributed by atoms with Crippen LogP contribution in [0.3, 0.4) is 0 Å². The molecule has 8 heteroatoms. The fraction of sp³-hybridized carbons (Fsp3) is 0.393. The normalized spacial score (nSPS) is 19.0. The standard InChI is InChI=1S/C28H31F2N3O3/c1-36-24-5-7-27-26(16-24)25(8-10-31-27)28(32-35)6-4-20-9-12-33(17-21(20)18-34)11-2-3-19-13-22(29)15-23(30)14-19/h5,7-8,10,13-16,20-21,28,32,34-35H,4,6,9,11-12,17-18H2,1H3/t20-,21-,28+/m1/s1. The fourth-order valence-corrected chi connectivity index (χ4v) is 5.01. The molecule has 1 saturated heterocycles. The van der Waals surface area contributed by atoms with Gasteiger partial charge in [0.1, 0.15) is 17.4 Å². The summed E-state index contributed by atoms with van der Waals surface area (Å²) in [6.45, 7) is 2.04. The van der Waals surface area contributed by atoms with E-state index in [2.05, 4.69) is 27.2 Å². The number of halogens is 2. The van der Waals surface area contributed by atoms with E-state index in [1.54, 1.807) is 13.3 Å². The maximum Gasteiger partial charge on any atom is 0.127 e. The number of rotatable bonds is 8. The van der Waals surface area contributed by atoms with Gasteiger partial charge in [-0.05, 0) is 79.6 Å². The minimum atomic E-state index is -0.643. The van der Waals surface area contributed by atoms with E-state index in [0.717, 1.165) is 47.7 Å². The summed E-state index contributed by atoms with van der Waals surface area (Å²) in [5.41, 5.74) is 4.56. The molecule has 36 heavy (non-hydrogen) atoms. The van der Waals surface area contributed by atoms with Crippen molar-refractivity contribution < 1.29 is 23.8 Å². The molecular formula is C28H31F2N3O3. The first-order valence-electron chi connectivity index (χ1n) is 12.1. The maximum absolute atomic E-state index is 13.3. The Morgan fingerprint density at radius 2 is 1.97 bits per heavy atom. The number of benzene rings is 2. The van der Waals surface area contributed by atoms with Gasteiger partial charge < -0.3 is 15.1 Å². The average molecular weight is 496 g/mol. The summed E-state index contributed by atoms with van der Waals surface area (Å²) in [4.78, 5) is 6.58. The number of pyridine rings is 1. The number of piperidine rings is 1. The summed E-state index contributed by atoms with van der Waals surface area (Å²) in [5.74, 6) is 5.64. The second-order valence-corrected chi connectivity index (χ2v) is 9.23. The molecule has 0 amide bonds. The molecule has 0 saturated carbocycles. The molecule has 2 aromatic carbocycles. The Hall–Kier alpha value is -3.09. The number of fused-ring (bicyclic) bond motifs is 1. The average Bonchev–Trinajstić information content (AvgIpc) is 2.88. The lowest BCUT2D eigenvalue weighted by Gasteiger charge is -2.37. The SMILES string of the molecule is COc1ccc2nccc([C@H](CC[C@@H]3CCN(CC#Cc4cc(F)cc(F)c4)C[C@@H]3CO)NO)c2c1. The van der Waals surface area contributed by atoms with Gasteiger partial charge >= 0.3 is 0 Å². The molecule has 1 fully saturated rings. The third-order valence-corrected chi connectivity index (χ3v) is 6.95. The zero-order valence-electron chi connectivity index (χ0n) is 20.3. The number of hydrogen-bond donors (Lipinski definition) is 3. The fourth-order valence-electron chi connectivity index (χ4n) is 5.01. The number of hydrogen-bond acceptors (Lipinski definition) is 6. The van der Waals surface area contributed by atoms with Crippen LogP contribution in [-0.2, 0) is 0 Å². The van der Waals surface area contributed by atoms with Crippen LogP contribution in [0.2, 0.25) is 0 Å². The number of aliphatic hydroxyl groups excluding tert-OH is 1. The minimum absolute atomic E-state index is 0.0658. The van der Waals surface area contributed by atoms with Crippen molar-refractivity contribution in [2.45, 2.75) is 25.3 Å². The highest BCUT2D eigenvalue weighted by Crippen LogP contribution is 2.33. The first-order valence-corrected chi connectivity index (χ1v) is 12.1. The summed E-state index contributed by atoms with van der Waals surface area (Å²) < 4.78 is 32.1. The van der Waals surface area contributed by atoms with E-state index in [1.165, 1.54) is 12.1 Å². The van der Waals surface area contributed by atoms with E-state index in [0.29, 0.717) is 31.0 Å². The summed E-state index contributed by atoms with van der Waals surface area (Å²) in [6.07, 6.45) is 4.16. The van der Waals surface area contributed by atoms with Gasteiger partial charge in [0.05, 0.1) is 25.2 Å². The molecular weight excluding hydrogens is 464 g/mol. The Balaban J connectivity index is 1.37. The van der Waals surface area contributed by atoms with Crippen molar-refractivity contribution in [2.24, 2.45) is 11.8 Å². The highest BCUT2D eigenvalue weighted by molar-refractivity contribution is 5.84. The highest BCUT2D eigenvalue weighted by atomic mass is 19.1. The van der Waals surface area contributed by atoms with Crippen LogP contribution in [0.4, 0.5) is 8.78 Å². The topological polar surface area (TPSA) is 77.9 Å². The number of methoxy groups -OCH3 is 1. The monoisotopic (exact) mass is 495 g/mol. The molecule has 3 N–H and O–H groups in total. The first-order chi connectivity index (χ1) is 17.5. The predicted molar refractivity (Wildman–Crippen MR) is 134 cm³/mol. The van der Waals surface area contributed by atoms with Crippen LogP contribution < -0.4 is 10.2 Å². The number of nitrogens with one attached hydrogen (secondary N) is 1. The number of aromatic nitrogens is 1. The van der Waals surface area contributed by atoms with Crippen molar-refractivity contribution in [3.63, 3.8) is 0 Å². The lowest BCUT2D eigenvalue weighted by Crippen LogP contribution is -2.42. The number of hydroxylamine groups is 1. The van der Waals surface area contributed by atoms with Gasteiger partial charge in [-0.2, -0.15) is 5.48 Å². The molecule has 0 spiro atoms. The lowest BCUT2D eigenvalue weighted by molar-refractivity contribution is 0.0657. The quantitative estimate of drug-likeness (QED) is 0.320. The predicted octanol–water partition coefficient (Wildman–Crippen LogP) is 4.30. The van der Waals surface area contributed by atoms with Gasteiger partial charge in [-0.15, -0.1) is 0 Å². The number of nitrogens with zero attached hydrogens (tertiary/aromatic N) is 2. The Bertz CT molecular complexity index is 1220. The Morgan fingerprint density at radius 1 is 1.17 bits per heavy atom. The molecule has 3 atom stereocenters. The van der Waals surface area contributed by atoms with E-state index >= 15 is 0 Å². The second-order valence-electron chi connectivity index (χ2n) is 9.23. The van der Waals surface area contributed by atoms with Crippen LogP contribution in [0.5, 0.6) is 5.75 Å². The van der Waals surface area contributed by atoms with Crippen molar-refractivity contribution in [1.29, 1.82) is 0 Å². The van der Waals surface area contributed by atoms with Gasteiger partial charge in [0.15, 0.2) is 0 Å². The number of aliphatic hydroxyl groups is 1. The van der Waals surface area contributed by atoms with Crippen molar-refractivity contribution in [1.82, 2.24) is 15.4 Å². The zero-order chi connectivity index (χ0) is 25.5. The smallest absolute Gasteiger partial charge is 0.127 e. The Kier molecular flexibility index (Phi) is 8.83. The van der Waals surface area contributed by atoms with Crippen molar-refractivity contribution in [3.05, 3.63) is 71.4 Å². The molecule has 1 aliphatic rings. The molecule has 0 bridgehead atoms. The highest BCUT2D eigenvalue weighted by Gasteiger charge is 2.29. The molecule has 1 aliphatic heterocycles. The molecule has 4 rings (SSSR count). The molecule has 0 radical (unpaired) electrons. The molecule has 6 nitrogen and oxygen atoms in total. The molecule has 2 heterocycles. The van der Waals surface area contributed by atoms with E-state index in [4.69, 9.17) is 4.74 Å². The molecule has 0 unspecified atom stereocenters. The van der Waals surface area contributed by atoms with Gasteiger partial charge in [-0.3, -0.25) is 9.88 Å². The molecule has 0 aliphatic carbocycles. The largest absolute Gasteiger partial charge is 0.497 e. The van der Waals surface area contributed by atoms with Gasteiger partial charge in [-0.1, -0.05) is 11.8 Å². The molecule has 3 aromatic rings. The van der Waals surface area contributed by atoms with Crippen LogP contribution in [-0.4, -0.2) is 53.5 Å². The van der Waals surface area contributed by atoms with E-state index < -0.39 is 11.6 Å². The summed E-state index contributed by atoms with van der Waals surface area (Å²) in [6, 6.07) is 10.6. The second kappa shape index (κ2) is 12.2. The molecule has 1 aromatic heterocycles. The molecule has 190 valence electrons. The Morgan fingerprint density at radius 3 is 2.69 bits per heavy atom. The van der Waals surface area contributed by atoms with Crippen LogP contribution in [0, 0.1) is 35.3 Å². The van der Waals surface area contributed by atoms with Crippen molar-refractivity contribution in [3.8, 4) is 17.6 Å². The third-order valence-electron chi connectivity index (χ3n) is 6.95. The number of ether oxygens (including phenoxy) is 1. The third kappa shape index (κ3) is 6.37. The summed E-state index contributed by atoms with van der Waals surface area (Å²) >= 11 is 0. The van der Waals surface area contributed by atoms with Gasteiger partial charge in [0, 0.05) is 36.4 Å². The van der Waals surface area contributed by atoms with Gasteiger partial charge in [0.2, 0.25) is 0 Å². The van der Waals surface area contributed by atoms with Gasteiger partial charge in [-0.25, -0.2) is 8.78 Å². The van der Waals surface area contributed by atoms with Crippen LogP contribution in [0.1, 0.15) is 36.4 Å².